The van der Waals surface area contributed by atoms with Crippen molar-refractivity contribution in [3.8, 4) is 0 Å². The number of carbonyl (C=O) groups is 2. The molecule has 6 heteroatoms. The van der Waals surface area contributed by atoms with E-state index >= 15 is 0 Å². The Morgan fingerprint density at radius 1 is 1.53 bits per heavy atom. The van der Waals surface area contributed by atoms with Crippen molar-refractivity contribution >= 4 is 11.9 Å². The van der Waals surface area contributed by atoms with Gasteiger partial charge in [0, 0.05) is 25.0 Å². The number of carboxylic acids is 1. The summed E-state index contributed by atoms with van der Waals surface area (Å²) in [6, 6.07) is 0.0732. The van der Waals surface area contributed by atoms with E-state index in [-0.39, 0.29) is 24.6 Å². The molecule has 2 fully saturated rings. The zero-order valence-electron chi connectivity index (χ0n) is 11.3. The Balaban J connectivity index is 1.98. The highest BCUT2D eigenvalue weighted by Crippen LogP contribution is 2.22. The molecule has 0 saturated carbocycles. The highest BCUT2D eigenvalue weighted by Gasteiger charge is 2.38. The van der Waals surface area contributed by atoms with E-state index in [1.165, 1.54) is 0 Å². The van der Waals surface area contributed by atoms with E-state index in [9.17, 15) is 14.7 Å². The lowest BCUT2D eigenvalue weighted by atomic mass is 10.0. The van der Waals surface area contributed by atoms with Crippen LogP contribution in [0, 0.1) is 5.92 Å². The largest absolute Gasteiger partial charge is 0.481 e. The second-order valence-corrected chi connectivity index (χ2v) is 5.35. The Morgan fingerprint density at radius 2 is 2.32 bits per heavy atom. The molecule has 0 bridgehead atoms. The molecule has 0 aromatic rings. The van der Waals surface area contributed by atoms with Crippen molar-refractivity contribution in [3.63, 3.8) is 0 Å². The Morgan fingerprint density at radius 3 is 2.89 bits per heavy atom. The lowest BCUT2D eigenvalue weighted by molar-refractivity contribution is -0.143. The van der Waals surface area contributed by atoms with Gasteiger partial charge in [-0.15, -0.1) is 0 Å². The van der Waals surface area contributed by atoms with Crippen molar-refractivity contribution in [2.24, 2.45) is 5.92 Å². The van der Waals surface area contributed by atoms with E-state index in [4.69, 9.17) is 4.74 Å². The number of carboxylic acid groups (broad SMARTS) is 1. The third-order valence-electron chi connectivity index (χ3n) is 3.89. The standard InChI is InChI=1S/C13H22N2O4/c1-2-5-15(6-9-3-4-12(16)14-9)11-8-19-7-10(11)13(17)18/h9-11H,2-8H2,1H3,(H,14,16)(H,17,18). The maximum absolute atomic E-state index is 11.2. The molecule has 3 unspecified atom stereocenters. The zero-order valence-corrected chi connectivity index (χ0v) is 11.3. The van der Waals surface area contributed by atoms with Crippen LogP contribution in [0.25, 0.3) is 0 Å². The number of rotatable bonds is 6. The van der Waals surface area contributed by atoms with Crippen LogP contribution in [0.5, 0.6) is 0 Å². The average molecular weight is 270 g/mol. The van der Waals surface area contributed by atoms with Crippen LogP contribution >= 0.6 is 0 Å². The van der Waals surface area contributed by atoms with Gasteiger partial charge in [-0.25, -0.2) is 0 Å². The monoisotopic (exact) mass is 270 g/mol. The molecule has 2 rings (SSSR count). The number of nitrogens with zero attached hydrogens (tertiary/aromatic N) is 1. The molecule has 0 radical (unpaired) electrons. The van der Waals surface area contributed by atoms with Gasteiger partial charge in [0.15, 0.2) is 0 Å². The first kappa shape index (κ1) is 14.3. The topological polar surface area (TPSA) is 78.9 Å². The molecule has 0 aromatic carbocycles. The summed E-state index contributed by atoms with van der Waals surface area (Å²) in [6.45, 7) is 4.39. The van der Waals surface area contributed by atoms with Gasteiger partial charge in [0.25, 0.3) is 0 Å². The zero-order chi connectivity index (χ0) is 13.8. The predicted molar refractivity (Wildman–Crippen MR) is 68.8 cm³/mol. The lowest BCUT2D eigenvalue weighted by Crippen LogP contribution is -2.48. The number of aliphatic carboxylic acids is 1. The number of carbonyl (C=O) groups excluding carboxylic acids is 1. The maximum Gasteiger partial charge on any atom is 0.310 e. The highest BCUT2D eigenvalue weighted by atomic mass is 16.5. The molecule has 0 aromatic heterocycles. The number of hydrogen-bond acceptors (Lipinski definition) is 4. The van der Waals surface area contributed by atoms with Gasteiger partial charge in [0.2, 0.25) is 5.91 Å². The Labute approximate surface area is 113 Å². The minimum atomic E-state index is -0.793. The molecule has 108 valence electrons. The lowest BCUT2D eigenvalue weighted by Gasteiger charge is -2.32. The fourth-order valence-electron chi connectivity index (χ4n) is 2.92. The summed E-state index contributed by atoms with van der Waals surface area (Å²) >= 11 is 0. The van der Waals surface area contributed by atoms with Crippen LogP contribution in [0.3, 0.4) is 0 Å². The maximum atomic E-state index is 11.2. The summed E-state index contributed by atoms with van der Waals surface area (Å²) in [5.41, 5.74) is 0. The van der Waals surface area contributed by atoms with Crippen LogP contribution in [-0.2, 0) is 14.3 Å². The van der Waals surface area contributed by atoms with Crippen LogP contribution in [0.1, 0.15) is 26.2 Å². The molecule has 2 N–H and O–H groups in total. The second kappa shape index (κ2) is 6.34. The predicted octanol–water partition coefficient (Wildman–Crippen LogP) is 0.0766. The third kappa shape index (κ3) is 3.45. The molecule has 2 saturated heterocycles. The van der Waals surface area contributed by atoms with Crippen LogP contribution in [0.15, 0.2) is 0 Å². The minimum Gasteiger partial charge on any atom is -0.481 e. The summed E-state index contributed by atoms with van der Waals surface area (Å²) in [7, 11) is 0. The smallest absolute Gasteiger partial charge is 0.310 e. The van der Waals surface area contributed by atoms with Crippen LogP contribution < -0.4 is 5.32 Å². The van der Waals surface area contributed by atoms with Crippen molar-refractivity contribution in [1.82, 2.24) is 10.2 Å². The Hall–Kier alpha value is -1.14. The van der Waals surface area contributed by atoms with Crippen molar-refractivity contribution in [2.45, 2.75) is 38.3 Å². The van der Waals surface area contributed by atoms with Gasteiger partial charge in [0.05, 0.1) is 19.1 Å². The Kier molecular flexibility index (Phi) is 4.76. The SMILES string of the molecule is CCCN(CC1CCC(=O)N1)C1COCC1C(=O)O. The molecular weight excluding hydrogens is 248 g/mol. The second-order valence-electron chi connectivity index (χ2n) is 5.35. The summed E-state index contributed by atoms with van der Waals surface area (Å²) in [6.07, 6.45) is 2.38. The van der Waals surface area contributed by atoms with Gasteiger partial charge < -0.3 is 15.2 Å². The van der Waals surface area contributed by atoms with E-state index < -0.39 is 11.9 Å². The molecular formula is C13H22N2O4. The van der Waals surface area contributed by atoms with Crippen molar-refractivity contribution < 1.29 is 19.4 Å². The van der Waals surface area contributed by atoms with Crippen molar-refractivity contribution in [2.75, 3.05) is 26.3 Å². The van der Waals surface area contributed by atoms with Gasteiger partial charge in [-0.05, 0) is 19.4 Å². The molecule has 19 heavy (non-hydrogen) atoms. The molecule has 1 amide bonds. The number of amides is 1. The van der Waals surface area contributed by atoms with Crippen LogP contribution in [0.2, 0.25) is 0 Å². The van der Waals surface area contributed by atoms with E-state index in [2.05, 4.69) is 17.1 Å². The molecule has 2 heterocycles. The first-order chi connectivity index (χ1) is 9.11. The van der Waals surface area contributed by atoms with E-state index in [0.717, 1.165) is 25.9 Å². The molecule has 2 aliphatic heterocycles. The number of hydrogen-bond donors (Lipinski definition) is 2. The third-order valence-corrected chi connectivity index (χ3v) is 3.89. The van der Waals surface area contributed by atoms with Gasteiger partial charge in [0.1, 0.15) is 0 Å². The number of ether oxygens (including phenoxy) is 1. The van der Waals surface area contributed by atoms with Gasteiger partial charge in [-0.3, -0.25) is 14.5 Å². The number of nitrogens with one attached hydrogen (secondary N) is 1. The summed E-state index contributed by atoms with van der Waals surface area (Å²) in [5, 5.41) is 12.2. The van der Waals surface area contributed by atoms with Gasteiger partial charge in [-0.1, -0.05) is 6.92 Å². The average Bonchev–Trinajstić information content (AvgIpc) is 2.97. The summed E-state index contributed by atoms with van der Waals surface area (Å²) in [4.78, 5) is 24.6. The Bertz CT molecular complexity index is 348. The van der Waals surface area contributed by atoms with E-state index in [0.29, 0.717) is 13.0 Å². The first-order valence-electron chi connectivity index (χ1n) is 6.95. The highest BCUT2D eigenvalue weighted by molar-refractivity contribution is 5.78. The molecule has 0 spiro atoms. The van der Waals surface area contributed by atoms with E-state index in [1.807, 2.05) is 0 Å². The fraction of sp³-hybridized carbons (Fsp3) is 0.846. The van der Waals surface area contributed by atoms with Gasteiger partial charge in [-0.2, -0.15) is 0 Å². The first-order valence-corrected chi connectivity index (χ1v) is 6.95. The van der Waals surface area contributed by atoms with Crippen LogP contribution in [0.4, 0.5) is 0 Å². The summed E-state index contributed by atoms with van der Waals surface area (Å²) in [5.74, 6) is -1.15. The van der Waals surface area contributed by atoms with Gasteiger partial charge >= 0.3 is 5.97 Å². The fourth-order valence-corrected chi connectivity index (χ4v) is 2.92. The quantitative estimate of drug-likeness (QED) is 0.714. The van der Waals surface area contributed by atoms with Crippen LogP contribution in [-0.4, -0.2) is 60.3 Å². The van der Waals surface area contributed by atoms with Crippen molar-refractivity contribution in [3.05, 3.63) is 0 Å². The minimum absolute atomic E-state index is 0.0741. The summed E-state index contributed by atoms with van der Waals surface area (Å²) < 4.78 is 5.33. The van der Waals surface area contributed by atoms with Crippen molar-refractivity contribution in [1.29, 1.82) is 0 Å². The molecule has 6 nitrogen and oxygen atoms in total. The normalized spacial score (nSPS) is 30.8. The van der Waals surface area contributed by atoms with E-state index in [1.54, 1.807) is 0 Å². The molecule has 0 aliphatic carbocycles. The molecule has 2 aliphatic rings. The molecule has 3 atom stereocenters.